The molecule has 1 aliphatic heterocycles. The van der Waals surface area contributed by atoms with Gasteiger partial charge in [0.05, 0.1) is 10.7 Å². The first-order chi connectivity index (χ1) is 8.02. The number of carbonyl (C=O) groups is 1. The van der Waals surface area contributed by atoms with Crippen molar-refractivity contribution in [3.8, 4) is 0 Å². The van der Waals surface area contributed by atoms with E-state index >= 15 is 0 Å². The molecular formula is C11H9Br2ClFNO. The van der Waals surface area contributed by atoms with Gasteiger partial charge in [-0.15, -0.1) is 0 Å². The number of rotatable bonds is 2. The third kappa shape index (κ3) is 2.66. The van der Waals surface area contributed by atoms with E-state index in [1.807, 2.05) is 0 Å². The molecule has 0 bridgehead atoms. The van der Waals surface area contributed by atoms with E-state index in [0.717, 1.165) is 5.33 Å². The van der Waals surface area contributed by atoms with Crippen molar-refractivity contribution in [1.29, 1.82) is 0 Å². The zero-order valence-corrected chi connectivity index (χ0v) is 12.6. The van der Waals surface area contributed by atoms with Crippen molar-refractivity contribution >= 4 is 55.1 Å². The minimum Gasteiger partial charge on any atom is -0.309 e. The Labute approximate surface area is 120 Å². The van der Waals surface area contributed by atoms with Crippen LogP contribution in [0.1, 0.15) is 6.42 Å². The first-order valence-electron chi connectivity index (χ1n) is 5.03. The predicted molar refractivity (Wildman–Crippen MR) is 73.4 cm³/mol. The van der Waals surface area contributed by atoms with Crippen molar-refractivity contribution in [2.45, 2.75) is 6.42 Å². The standard InChI is InChI=1S/C11H9Br2ClFNO/c12-4-6-1-11(17)16(5-6)10-3-8(14)7(13)2-9(10)15/h2-3,6H,1,4-5H2. The highest BCUT2D eigenvalue weighted by molar-refractivity contribution is 9.10. The highest BCUT2D eigenvalue weighted by atomic mass is 79.9. The zero-order chi connectivity index (χ0) is 12.6. The largest absolute Gasteiger partial charge is 0.309 e. The number of amides is 1. The van der Waals surface area contributed by atoms with E-state index in [0.29, 0.717) is 22.5 Å². The molecule has 17 heavy (non-hydrogen) atoms. The summed E-state index contributed by atoms with van der Waals surface area (Å²) < 4.78 is 14.3. The Balaban J connectivity index is 2.35. The summed E-state index contributed by atoms with van der Waals surface area (Å²) in [4.78, 5) is 13.2. The molecule has 1 aromatic rings. The molecule has 92 valence electrons. The number of hydrogen-bond acceptors (Lipinski definition) is 1. The van der Waals surface area contributed by atoms with Gasteiger partial charge in [-0.2, -0.15) is 0 Å². The second-order valence-electron chi connectivity index (χ2n) is 3.95. The van der Waals surface area contributed by atoms with Gasteiger partial charge < -0.3 is 4.90 Å². The number of hydrogen-bond donors (Lipinski definition) is 0. The molecule has 1 saturated heterocycles. The quantitative estimate of drug-likeness (QED) is 0.557. The smallest absolute Gasteiger partial charge is 0.227 e. The summed E-state index contributed by atoms with van der Waals surface area (Å²) >= 11 is 12.4. The van der Waals surface area contributed by atoms with Gasteiger partial charge in [0.1, 0.15) is 5.82 Å². The highest BCUT2D eigenvalue weighted by Gasteiger charge is 2.31. The van der Waals surface area contributed by atoms with E-state index in [9.17, 15) is 9.18 Å². The van der Waals surface area contributed by atoms with Crippen LogP contribution in [0, 0.1) is 11.7 Å². The Bertz CT molecular complexity index is 469. The molecule has 0 spiro atoms. The van der Waals surface area contributed by atoms with Crippen LogP contribution in [-0.2, 0) is 4.79 Å². The second kappa shape index (κ2) is 5.24. The van der Waals surface area contributed by atoms with Crippen LogP contribution >= 0.6 is 43.5 Å². The van der Waals surface area contributed by atoms with Crippen LogP contribution in [0.5, 0.6) is 0 Å². The Kier molecular flexibility index (Phi) is 4.10. The maximum absolute atomic E-state index is 13.8. The Morgan fingerprint density at radius 3 is 2.82 bits per heavy atom. The van der Waals surface area contributed by atoms with E-state index in [4.69, 9.17) is 11.6 Å². The molecule has 1 amide bonds. The molecule has 0 N–H and O–H groups in total. The summed E-state index contributed by atoms with van der Waals surface area (Å²) in [6, 6.07) is 2.77. The van der Waals surface area contributed by atoms with Crippen LogP contribution in [0.15, 0.2) is 16.6 Å². The van der Waals surface area contributed by atoms with Gasteiger partial charge in [-0.25, -0.2) is 4.39 Å². The molecule has 2 nitrogen and oxygen atoms in total. The van der Waals surface area contributed by atoms with Gasteiger partial charge in [0.15, 0.2) is 0 Å². The Morgan fingerprint density at radius 1 is 1.53 bits per heavy atom. The maximum atomic E-state index is 13.8. The average molecular weight is 385 g/mol. The van der Waals surface area contributed by atoms with Gasteiger partial charge in [0, 0.05) is 22.8 Å². The summed E-state index contributed by atoms with van der Waals surface area (Å²) in [7, 11) is 0. The second-order valence-corrected chi connectivity index (χ2v) is 5.86. The van der Waals surface area contributed by atoms with Crippen LogP contribution in [0.4, 0.5) is 10.1 Å². The number of nitrogens with zero attached hydrogens (tertiary/aromatic N) is 1. The fraction of sp³-hybridized carbons (Fsp3) is 0.364. The zero-order valence-electron chi connectivity index (χ0n) is 8.72. The lowest BCUT2D eigenvalue weighted by atomic mass is 10.2. The Morgan fingerprint density at radius 2 is 2.24 bits per heavy atom. The van der Waals surface area contributed by atoms with Gasteiger partial charge in [-0.05, 0) is 34.0 Å². The van der Waals surface area contributed by atoms with Crippen molar-refractivity contribution in [2.75, 3.05) is 16.8 Å². The SMILES string of the molecule is O=C1CC(CBr)CN1c1cc(Cl)c(Br)cc1F. The topological polar surface area (TPSA) is 20.3 Å². The van der Waals surface area contributed by atoms with Crippen molar-refractivity contribution < 1.29 is 9.18 Å². The van der Waals surface area contributed by atoms with Gasteiger partial charge in [0.2, 0.25) is 5.91 Å². The summed E-state index contributed by atoms with van der Waals surface area (Å²) in [5, 5.41) is 1.14. The summed E-state index contributed by atoms with van der Waals surface area (Å²) in [6.45, 7) is 0.527. The monoisotopic (exact) mass is 383 g/mol. The first kappa shape index (κ1) is 13.3. The molecule has 0 aromatic heterocycles. The maximum Gasteiger partial charge on any atom is 0.227 e. The molecular weight excluding hydrogens is 376 g/mol. The molecule has 0 aliphatic carbocycles. The normalized spacial score (nSPS) is 20.1. The van der Waals surface area contributed by atoms with Gasteiger partial charge >= 0.3 is 0 Å². The molecule has 0 saturated carbocycles. The molecule has 0 radical (unpaired) electrons. The fourth-order valence-corrected chi connectivity index (χ4v) is 2.74. The number of benzene rings is 1. The van der Waals surface area contributed by atoms with Crippen LogP contribution in [0.25, 0.3) is 0 Å². The fourth-order valence-electron chi connectivity index (χ4n) is 1.84. The molecule has 2 rings (SSSR count). The predicted octanol–water partition coefficient (Wildman–Crippen LogP) is 3.99. The molecule has 1 aliphatic rings. The van der Waals surface area contributed by atoms with Crippen molar-refractivity contribution in [3.05, 3.63) is 27.4 Å². The van der Waals surface area contributed by atoms with Crippen molar-refractivity contribution in [1.82, 2.24) is 0 Å². The molecule has 1 atom stereocenters. The third-order valence-corrected chi connectivity index (χ3v) is 4.82. The van der Waals surface area contributed by atoms with Crippen LogP contribution < -0.4 is 4.90 Å². The van der Waals surface area contributed by atoms with Crippen LogP contribution in [0.2, 0.25) is 5.02 Å². The lowest BCUT2D eigenvalue weighted by Gasteiger charge is -2.18. The van der Waals surface area contributed by atoms with Gasteiger partial charge in [-0.3, -0.25) is 4.79 Å². The number of anilines is 1. The lowest BCUT2D eigenvalue weighted by Crippen LogP contribution is -2.25. The molecule has 1 fully saturated rings. The average Bonchev–Trinajstić information content (AvgIpc) is 2.65. The van der Waals surface area contributed by atoms with Gasteiger partial charge in [0.25, 0.3) is 0 Å². The molecule has 1 unspecified atom stereocenters. The number of carbonyl (C=O) groups excluding carboxylic acids is 1. The summed E-state index contributed by atoms with van der Waals surface area (Å²) in [5.41, 5.74) is 0.256. The van der Waals surface area contributed by atoms with E-state index in [1.165, 1.54) is 17.0 Å². The minimum absolute atomic E-state index is 0.0632. The van der Waals surface area contributed by atoms with Crippen molar-refractivity contribution in [2.24, 2.45) is 5.92 Å². The third-order valence-electron chi connectivity index (χ3n) is 2.70. The molecule has 6 heteroatoms. The van der Waals surface area contributed by atoms with E-state index in [-0.39, 0.29) is 17.5 Å². The summed E-state index contributed by atoms with van der Waals surface area (Å²) in [6.07, 6.45) is 0.443. The summed E-state index contributed by atoms with van der Waals surface area (Å²) in [5.74, 6) is -0.277. The minimum atomic E-state index is -0.440. The number of halogens is 4. The van der Waals surface area contributed by atoms with E-state index in [2.05, 4.69) is 31.9 Å². The number of alkyl halides is 1. The van der Waals surface area contributed by atoms with Crippen molar-refractivity contribution in [3.63, 3.8) is 0 Å². The first-order valence-corrected chi connectivity index (χ1v) is 7.33. The highest BCUT2D eigenvalue weighted by Crippen LogP contribution is 2.34. The van der Waals surface area contributed by atoms with E-state index < -0.39 is 5.82 Å². The Hall–Kier alpha value is -0.130. The molecule has 1 aromatic carbocycles. The lowest BCUT2D eigenvalue weighted by molar-refractivity contribution is -0.117. The van der Waals surface area contributed by atoms with E-state index in [1.54, 1.807) is 0 Å². The van der Waals surface area contributed by atoms with Crippen LogP contribution in [-0.4, -0.2) is 17.8 Å². The molecule has 1 heterocycles. The van der Waals surface area contributed by atoms with Crippen LogP contribution in [0.3, 0.4) is 0 Å². The van der Waals surface area contributed by atoms with Gasteiger partial charge in [-0.1, -0.05) is 27.5 Å².